The van der Waals surface area contributed by atoms with Crippen molar-refractivity contribution in [1.82, 2.24) is 5.32 Å². The van der Waals surface area contributed by atoms with Gasteiger partial charge in [-0.2, -0.15) is 0 Å². The van der Waals surface area contributed by atoms with Crippen LogP contribution in [0.15, 0.2) is 40.2 Å². The maximum absolute atomic E-state index is 3.63. The molecule has 20 heavy (non-hydrogen) atoms. The van der Waals surface area contributed by atoms with Gasteiger partial charge in [-0.15, -0.1) is 22.7 Å². The van der Waals surface area contributed by atoms with E-state index in [4.69, 9.17) is 0 Å². The summed E-state index contributed by atoms with van der Waals surface area (Å²) in [4.78, 5) is 2.81. The normalized spacial score (nSPS) is 12.9. The van der Waals surface area contributed by atoms with Gasteiger partial charge in [0.25, 0.3) is 0 Å². The number of benzene rings is 1. The number of hydrogen-bond donors (Lipinski definition) is 1. The molecule has 1 nitrogen and oxygen atoms in total. The van der Waals surface area contributed by atoms with Crippen LogP contribution in [0.1, 0.15) is 28.3 Å². The van der Waals surface area contributed by atoms with E-state index in [1.54, 1.807) is 11.3 Å². The van der Waals surface area contributed by atoms with Crippen LogP contribution in [0.25, 0.3) is 10.1 Å². The maximum Gasteiger partial charge on any atom is 0.0392 e. The van der Waals surface area contributed by atoms with Crippen LogP contribution in [0.4, 0.5) is 0 Å². The Labute approximate surface area is 135 Å². The van der Waals surface area contributed by atoms with Crippen LogP contribution in [0, 0.1) is 6.92 Å². The van der Waals surface area contributed by atoms with Crippen molar-refractivity contribution in [2.45, 2.75) is 26.4 Å². The summed E-state index contributed by atoms with van der Waals surface area (Å²) in [5.74, 6) is 0. The first kappa shape index (κ1) is 14.3. The fraction of sp³-hybridized carbons (Fsp3) is 0.250. The lowest BCUT2D eigenvalue weighted by Crippen LogP contribution is -2.17. The number of aryl methyl sites for hydroxylation is 1. The molecule has 2 heterocycles. The lowest BCUT2D eigenvalue weighted by molar-refractivity contribution is 0.585. The molecule has 1 aromatic carbocycles. The van der Waals surface area contributed by atoms with Gasteiger partial charge in [0.05, 0.1) is 0 Å². The van der Waals surface area contributed by atoms with Crippen LogP contribution in [-0.2, 0) is 6.54 Å². The standard InChI is InChI=1S/C16H16BrNS2/c1-10-14-5-3-4-6-15(14)20-16(10)11(2)18-8-13-7-12(17)9-19-13/h3-7,9,11,18H,8H2,1-2H3. The molecule has 0 bridgehead atoms. The van der Waals surface area contributed by atoms with E-state index < -0.39 is 0 Å². The van der Waals surface area contributed by atoms with Crippen molar-refractivity contribution in [3.05, 3.63) is 55.5 Å². The second-order valence-corrected chi connectivity index (χ2v) is 7.92. The Morgan fingerprint density at radius 3 is 2.80 bits per heavy atom. The summed E-state index contributed by atoms with van der Waals surface area (Å²) in [6, 6.07) is 11.2. The summed E-state index contributed by atoms with van der Waals surface area (Å²) in [5.41, 5.74) is 1.41. The van der Waals surface area contributed by atoms with Gasteiger partial charge in [0.2, 0.25) is 0 Å². The van der Waals surface area contributed by atoms with Crippen molar-refractivity contribution in [2.24, 2.45) is 0 Å². The smallest absolute Gasteiger partial charge is 0.0392 e. The van der Waals surface area contributed by atoms with Gasteiger partial charge in [0.1, 0.15) is 0 Å². The van der Waals surface area contributed by atoms with Crippen molar-refractivity contribution in [1.29, 1.82) is 0 Å². The number of halogens is 1. The molecule has 4 heteroatoms. The molecule has 0 radical (unpaired) electrons. The molecule has 2 aromatic heterocycles. The van der Waals surface area contributed by atoms with E-state index in [1.807, 2.05) is 11.3 Å². The van der Waals surface area contributed by atoms with Crippen molar-refractivity contribution in [3.63, 3.8) is 0 Å². The van der Waals surface area contributed by atoms with E-state index in [0.717, 1.165) is 6.54 Å². The molecule has 0 fully saturated rings. The Kier molecular flexibility index (Phi) is 4.26. The van der Waals surface area contributed by atoms with Gasteiger partial charge < -0.3 is 5.32 Å². The highest BCUT2D eigenvalue weighted by atomic mass is 79.9. The number of thiophene rings is 2. The Hall–Kier alpha value is -0.680. The molecule has 0 spiro atoms. The second-order valence-electron chi connectivity index (χ2n) is 4.92. The molecule has 0 aliphatic heterocycles. The minimum Gasteiger partial charge on any atom is -0.305 e. The van der Waals surface area contributed by atoms with Gasteiger partial charge in [-0.1, -0.05) is 18.2 Å². The zero-order valence-corrected chi connectivity index (χ0v) is 14.7. The predicted octanol–water partition coefficient (Wildman–Crippen LogP) is 5.88. The topological polar surface area (TPSA) is 12.0 Å². The molecule has 1 unspecified atom stereocenters. The Bertz CT molecular complexity index is 729. The number of hydrogen-bond acceptors (Lipinski definition) is 3. The highest BCUT2D eigenvalue weighted by molar-refractivity contribution is 9.10. The number of nitrogens with one attached hydrogen (secondary N) is 1. The fourth-order valence-electron chi connectivity index (χ4n) is 2.40. The molecular weight excluding hydrogens is 350 g/mol. The predicted molar refractivity (Wildman–Crippen MR) is 93.8 cm³/mol. The van der Waals surface area contributed by atoms with Crippen LogP contribution >= 0.6 is 38.6 Å². The summed E-state index contributed by atoms with van der Waals surface area (Å²) in [5, 5.41) is 7.15. The average molecular weight is 366 g/mol. The van der Waals surface area contributed by atoms with E-state index in [-0.39, 0.29) is 0 Å². The number of fused-ring (bicyclic) bond motifs is 1. The van der Waals surface area contributed by atoms with Gasteiger partial charge in [0.15, 0.2) is 0 Å². The third kappa shape index (κ3) is 2.84. The van der Waals surface area contributed by atoms with Crippen LogP contribution in [-0.4, -0.2) is 0 Å². The van der Waals surface area contributed by atoms with Crippen molar-refractivity contribution in [2.75, 3.05) is 0 Å². The zero-order valence-electron chi connectivity index (χ0n) is 11.4. The first-order valence-corrected chi connectivity index (χ1v) is 9.08. The Morgan fingerprint density at radius 2 is 2.10 bits per heavy atom. The summed E-state index contributed by atoms with van der Waals surface area (Å²) in [6.07, 6.45) is 0. The Balaban J connectivity index is 1.78. The quantitative estimate of drug-likeness (QED) is 0.608. The van der Waals surface area contributed by atoms with Gasteiger partial charge in [-0.3, -0.25) is 0 Å². The van der Waals surface area contributed by atoms with E-state index in [1.165, 1.54) is 29.9 Å². The summed E-state index contributed by atoms with van der Waals surface area (Å²) in [7, 11) is 0. The van der Waals surface area contributed by atoms with E-state index in [2.05, 4.69) is 70.8 Å². The summed E-state index contributed by atoms with van der Waals surface area (Å²) >= 11 is 7.20. The SMILES string of the molecule is Cc1c(C(C)NCc2cc(Br)cs2)sc2ccccc12. The highest BCUT2D eigenvalue weighted by Crippen LogP contribution is 2.34. The molecule has 0 aliphatic carbocycles. The van der Waals surface area contributed by atoms with Crippen molar-refractivity contribution >= 4 is 48.7 Å². The monoisotopic (exact) mass is 365 g/mol. The largest absolute Gasteiger partial charge is 0.305 e. The molecule has 3 rings (SSSR count). The molecule has 0 amide bonds. The number of rotatable bonds is 4. The van der Waals surface area contributed by atoms with Crippen LogP contribution in [0.3, 0.4) is 0 Å². The van der Waals surface area contributed by atoms with Crippen molar-refractivity contribution < 1.29 is 0 Å². The van der Waals surface area contributed by atoms with Crippen LogP contribution in [0.5, 0.6) is 0 Å². The third-order valence-corrected chi connectivity index (χ3v) is 6.63. The van der Waals surface area contributed by atoms with Gasteiger partial charge in [0, 0.05) is 36.9 Å². The fourth-order valence-corrected chi connectivity index (χ4v) is 5.04. The minimum atomic E-state index is 0.383. The average Bonchev–Trinajstić information content (AvgIpc) is 3.01. The first-order chi connectivity index (χ1) is 9.65. The molecule has 0 aliphatic rings. The van der Waals surface area contributed by atoms with Crippen molar-refractivity contribution in [3.8, 4) is 0 Å². The molecular formula is C16H16BrNS2. The van der Waals surface area contributed by atoms with Crippen LogP contribution < -0.4 is 5.32 Å². The highest BCUT2D eigenvalue weighted by Gasteiger charge is 2.14. The van der Waals surface area contributed by atoms with E-state index in [0.29, 0.717) is 6.04 Å². The molecule has 3 aromatic rings. The molecule has 1 atom stereocenters. The summed E-state index contributed by atoms with van der Waals surface area (Å²) in [6.45, 7) is 5.40. The lowest BCUT2D eigenvalue weighted by atomic mass is 10.1. The maximum atomic E-state index is 3.63. The van der Waals surface area contributed by atoms with Crippen LogP contribution in [0.2, 0.25) is 0 Å². The lowest BCUT2D eigenvalue weighted by Gasteiger charge is -2.12. The first-order valence-electron chi connectivity index (χ1n) is 6.59. The van der Waals surface area contributed by atoms with Gasteiger partial charge in [-0.25, -0.2) is 0 Å². The van der Waals surface area contributed by atoms with Gasteiger partial charge in [-0.05, 0) is 52.9 Å². The minimum absolute atomic E-state index is 0.383. The molecule has 104 valence electrons. The summed E-state index contributed by atoms with van der Waals surface area (Å²) < 4.78 is 2.55. The zero-order chi connectivity index (χ0) is 14.1. The molecule has 1 N–H and O–H groups in total. The van der Waals surface area contributed by atoms with Gasteiger partial charge >= 0.3 is 0 Å². The van der Waals surface area contributed by atoms with E-state index in [9.17, 15) is 0 Å². The Morgan fingerprint density at radius 1 is 1.30 bits per heavy atom. The molecule has 0 saturated heterocycles. The van der Waals surface area contributed by atoms with E-state index >= 15 is 0 Å². The second kappa shape index (κ2) is 5.98. The molecule has 0 saturated carbocycles. The third-order valence-electron chi connectivity index (χ3n) is 3.48.